The molecule has 0 aliphatic heterocycles. The number of aryl methyl sites for hydroxylation is 1. The van der Waals surface area contributed by atoms with Gasteiger partial charge < -0.3 is 0 Å². The fraction of sp³-hybridized carbons (Fsp3) is 0.312. The topological polar surface area (TPSA) is 12.9 Å². The van der Waals surface area contributed by atoms with Crippen molar-refractivity contribution in [2.45, 2.75) is 27.2 Å². The third kappa shape index (κ3) is 2.73. The number of pyridine rings is 1. The summed E-state index contributed by atoms with van der Waals surface area (Å²) in [6.45, 7) is 6.58. The van der Waals surface area contributed by atoms with E-state index in [1.807, 2.05) is 12.4 Å². The molecule has 1 heteroatoms. The van der Waals surface area contributed by atoms with Crippen LogP contribution in [0.15, 0.2) is 53.9 Å². The predicted octanol–water partition coefficient (Wildman–Crippen LogP) is 4.01. The summed E-state index contributed by atoms with van der Waals surface area (Å²) in [5, 5.41) is 0. The minimum atomic E-state index is 0.507. The maximum absolute atomic E-state index is 4.23. The summed E-state index contributed by atoms with van der Waals surface area (Å²) in [4.78, 5) is 4.23. The number of nitrogens with zero attached hydrogens (tertiary/aromatic N) is 1. The van der Waals surface area contributed by atoms with Crippen molar-refractivity contribution in [1.82, 2.24) is 4.98 Å². The van der Waals surface area contributed by atoms with E-state index in [9.17, 15) is 0 Å². The van der Waals surface area contributed by atoms with E-state index in [1.165, 1.54) is 22.3 Å². The Balaban J connectivity index is 2.27. The number of allylic oxidation sites excluding steroid dienone is 6. The van der Waals surface area contributed by atoms with Crippen LogP contribution >= 0.6 is 0 Å². The fourth-order valence-corrected chi connectivity index (χ4v) is 2.26. The van der Waals surface area contributed by atoms with Gasteiger partial charge in [0, 0.05) is 18.3 Å². The second-order valence-electron chi connectivity index (χ2n) is 4.77. The molecule has 2 rings (SSSR count). The number of rotatable bonds is 2. The lowest BCUT2D eigenvalue weighted by atomic mass is 9.86. The van der Waals surface area contributed by atoms with Crippen LogP contribution in [-0.4, -0.2) is 4.98 Å². The molecule has 0 fully saturated rings. The minimum absolute atomic E-state index is 0.507. The van der Waals surface area contributed by atoms with Crippen LogP contribution in [0.1, 0.15) is 25.0 Å². The Morgan fingerprint density at radius 1 is 1.06 bits per heavy atom. The van der Waals surface area contributed by atoms with Gasteiger partial charge in [-0.1, -0.05) is 35.5 Å². The van der Waals surface area contributed by atoms with Crippen LogP contribution in [-0.2, 0) is 6.42 Å². The minimum Gasteiger partial charge on any atom is -0.264 e. The van der Waals surface area contributed by atoms with Crippen molar-refractivity contribution in [1.29, 1.82) is 0 Å². The van der Waals surface area contributed by atoms with E-state index in [-0.39, 0.29) is 0 Å². The molecule has 0 saturated carbocycles. The number of hydrogen-bond acceptors (Lipinski definition) is 1. The van der Waals surface area contributed by atoms with Gasteiger partial charge >= 0.3 is 0 Å². The second kappa shape index (κ2) is 5.13. The molecule has 1 aromatic rings. The van der Waals surface area contributed by atoms with E-state index in [0.717, 1.165) is 6.42 Å². The Kier molecular flexibility index (Phi) is 3.58. The summed E-state index contributed by atoms with van der Waals surface area (Å²) in [6, 6.07) is 2.09. The van der Waals surface area contributed by atoms with Crippen LogP contribution in [0, 0.1) is 12.8 Å². The van der Waals surface area contributed by atoms with Gasteiger partial charge in [-0.25, -0.2) is 0 Å². The molecule has 0 atom stereocenters. The average Bonchev–Trinajstić information content (AvgIpc) is 2.47. The van der Waals surface area contributed by atoms with Crippen LogP contribution in [0.25, 0.3) is 0 Å². The molecule has 1 aliphatic carbocycles. The van der Waals surface area contributed by atoms with Crippen molar-refractivity contribution in [2.24, 2.45) is 5.92 Å². The van der Waals surface area contributed by atoms with Crippen LogP contribution in [0.2, 0.25) is 0 Å². The zero-order valence-corrected chi connectivity index (χ0v) is 10.8. The van der Waals surface area contributed by atoms with Crippen molar-refractivity contribution in [3.8, 4) is 0 Å². The van der Waals surface area contributed by atoms with Gasteiger partial charge in [0.05, 0.1) is 0 Å². The first-order valence-corrected chi connectivity index (χ1v) is 6.09. The van der Waals surface area contributed by atoms with Crippen LogP contribution < -0.4 is 0 Å². The maximum Gasteiger partial charge on any atom is 0.0302 e. The molecule has 88 valence electrons. The van der Waals surface area contributed by atoms with E-state index in [2.05, 4.69) is 56.1 Å². The van der Waals surface area contributed by atoms with E-state index < -0.39 is 0 Å². The van der Waals surface area contributed by atoms with Gasteiger partial charge in [-0.2, -0.15) is 0 Å². The fourth-order valence-electron chi connectivity index (χ4n) is 2.26. The Morgan fingerprint density at radius 2 is 1.71 bits per heavy atom. The second-order valence-corrected chi connectivity index (χ2v) is 4.77. The SMILES string of the molecule is CC1=CC=CC=C(C)C1Cc1cnccc1C. The molecule has 0 aromatic carbocycles. The molecule has 1 nitrogen and oxygen atoms in total. The van der Waals surface area contributed by atoms with Crippen molar-refractivity contribution in [3.63, 3.8) is 0 Å². The summed E-state index contributed by atoms with van der Waals surface area (Å²) in [7, 11) is 0. The normalized spacial score (nSPS) is 16.4. The average molecular weight is 225 g/mol. The van der Waals surface area contributed by atoms with Crippen LogP contribution in [0.4, 0.5) is 0 Å². The largest absolute Gasteiger partial charge is 0.264 e. The van der Waals surface area contributed by atoms with Crippen LogP contribution in [0.3, 0.4) is 0 Å². The lowest BCUT2D eigenvalue weighted by Crippen LogP contribution is -2.08. The summed E-state index contributed by atoms with van der Waals surface area (Å²) in [6.07, 6.45) is 13.6. The van der Waals surface area contributed by atoms with E-state index in [4.69, 9.17) is 0 Å². The van der Waals surface area contributed by atoms with Crippen molar-refractivity contribution in [3.05, 3.63) is 65.0 Å². The molecule has 0 bridgehead atoms. The zero-order valence-electron chi connectivity index (χ0n) is 10.8. The molecular formula is C16H19N. The first-order valence-electron chi connectivity index (χ1n) is 6.09. The van der Waals surface area contributed by atoms with Gasteiger partial charge in [-0.05, 0) is 44.4 Å². The molecule has 1 aromatic heterocycles. The summed E-state index contributed by atoms with van der Waals surface area (Å²) in [5.74, 6) is 0.507. The third-order valence-electron chi connectivity index (χ3n) is 3.50. The number of aromatic nitrogens is 1. The monoisotopic (exact) mass is 225 g/mol. The van der Waals surface area contributed by atoms with Gasteiger partial charge in [0.25, 0.3) is 0 Å². The van der Waals surface area contributed by atoms with Gasteiger partial charge in [0.15, 0.2) is 0 Å². The highest BCUT2D eigenvalue weighted by Crippen LogP contribution is 2.27. The Labute approximate surface area is 104 Å². The Hall–Kier alpha value is -1.63. The zero-order chi connectivity index (χ0) is 12.3. The Bertz CT molecular complexity index is 470. The summed E-state index contributed by atoms with van der Waals surface area (Å²) < 4.78 is 0. The molecule has 17 heavy (non-hydrogen) atoms. The van der Waals surface area contributed by atoms with Gasteiger partial charge in [0.2, 0.25) is 0 Å². The van der Waals surface area contributed by atoms with E-state index in [1.54, 1.807) is 0 Å². The van der Waals surface area contributed by atoms with E-state index >= 15 is 0 Å². The molecule has 0 radical (unpaired) electrons. The highest BCUT2D eigenvalue weighted by Gasteiger charge is 2.15. The molecule has 0 N–H and O–H groups in total. The maximum atomic E-state index is 4.23. The summed E-state index contributed by atoms with van der Waals surface area (Å²) in [5.41, 5.74) is 5.53. The predicted molar refractivity (Wildman–Crippen MR) is 72.8 cm³/mol. The van der Waals surface area contributed by atoms with Crippen LogP contribution in [0.5, 0.6) is 0 Å². The smallest absolute Gasteiger partial charge is 0.0302 e. The molecule has 0 saturated heterocycles. The first kappa shape index (κ1) is 11.8. The van der Waals surface area contributed by atoms with Gasteiger partial charge in [-0.3, -0.25) is 4.98 Å². The molecule has 1 aliphatic rings. The lowest BCUT2D eigenvalue weighted by Gasteiger charge is -2.19. The van der Waals surface area contributed by atoms with Crippen molar-refractivity contribution >= 4 is 0 Å². The Morgan fingerprint density at radius 3 is 2.29 bits per heavy atom. The van der Waals surface area contributed by atoms with Gasteiger partial charge in [0.1, 0.15) is 0 Å². The number of hydrogen-bond donors (Lipinski definition) is 0. The highest BCUT2D eigenvalue weighted by molar-refractivity contribution is 5.33. The first-order chi connectivity index (χ1) is 8.18. The standard InChI is InChI=1S/C16H19N/c1-12-8-9-17-11-15(12)10-16-13(2)6-4-5-7-14(16)3/h4-9,11,16H,10H2,1-3H3. The molecular weight excluding hydrogens is 206 g/mol. The van der Waals surface area contributed by atoms with E-state index in [0.29, 0.717) is 5.92 Å². The summed E-state index contributed by atoms with van der Waals surface area (Å²) >= 11 is 0. The third-order valence-corrected chi connectivity index (χ3v) is 3.50. The van der Waals surface area contributed by atoms with Gasteiger partial charge in [-0.15, -0.1) is 0 Å². The molecule has 1 heterocycles. The lowest BCUT2D eigenvalue weighted by molar-refractivity contribution is 0.703. The van der Waals surface area contributed by atoms with Crippen molar-refractivity contribution in [2.75, 3.05) is 0 Å². The molecule has 0 amide bonds. The highest BCUT2D eigenvalue weighted by atomic mass is 14.6. The van der Waals surface area contributed by atoms with Crippen molar-refractivity contribution < 1.29 is 0 Å². The molecule has 0 unspecified atom stereocenters. The quantitative estimate of drug-likeness (QED) is 0.741. The molecule has 0 spiro atoms.